The highest BCUT2D eigenvalue weighted by molar-refractivity contribution is 6.40. The maximum atomic E-state index is 12.8. The van der Waals surface area contributed by atoms with Gasteiger partial charge in [-0.1, -0.05) is 59.6 Å². The zero-order valence-corrected chi connectivity index (χ0v) is 22.8. The first-order chi connectivity index (χ1) is 19.2. The van der Waals surface area contributed by atoms with Gasteiger partial charge in [-0.25, -0.2) is 19.4 Å². The lowest BCUT2D eigenvalue weighted by Crippen LogP contribution is -2.52. The molecule has 5 N–H and O–H groups in total. The summed E-state index contributed by atoms with van der Waals surface area (Å²) in [6.07, 6.45) is 2.32. The number of carbonyl (C=O) groups excluding carboxylic acids is 2. The second kappa shape index (κ2) is 13.4. The van der Waals surface area contributed by atoms with Gasteiger partial charge in [-0.2, -0.15) is 0 Å². The van der Waals surface area contributed by atoms with Crippen LogP contribution in [0.2, 0.25) is 10.0 Å². The van der Waals surface area contributed by atoms with Crippen molar-refractivity contribution >= 4 is 46.9 Å². The van der Waals surface area contributed by atoms with Crippen molar-refractivity contribution in [2.75, 3.05) is 18.4 Å². The van der Waals surface area contributed by atoms with Crippen molar-refractivity contribution < 1.29 is 19.5 Å². The minimum Gasteiger partial charge on any atom is -0.480 e. The van der Waals surface area contributed by atoms with E-state index in [9.17, 15) is 24.3 Å². The molecule has 0 aliphatic carbocycles. The van der Waals surface area contributed by atoms with Gasteiger partial charge in [0.15, 0.2) is 0 Å². The van der Waals surface area contributed by atoms with E-state index in [0.717, 1.165) is 38.7 Å². The van der Waals surface area contributed by atoms with E-state index in [4.69, 9.17) is 23.2 Å². The molecule has 1 saturated heterocycles. The van der Waals surface area contributed by atoms with Crippen LogP contribution in [-0.2, 0) is 17.8 Å². The number of hydrogen-bond acceptors (Lipinski definition) is 6. The Morgan fingerprint density at radius 2 is 1.73 bits per heavy atom. The molecule has 0 saturated carbocycles. The van der Waals surface area contributed by atoms with Gasteiger partial charge in [0.05, 0.1) is 15.6 Å². The van der Waals surface area contributed by atoms with E-state index >= 15 is 0 Å². The van der Waals surface area contributed by atoms with Crippen molar-refractivity contribution in [1.82, 2.24) is 25.5 Å². The molecule has 1 atom stereocenters. The Kier molecular flexibility index (Phi) is 9.75. The summed E-state index contributed by atoms with van der Waals surface area (Å²) in [4.78, 5) is 57.7. The van der Waals surface area contributed by atoms with E-state index in [0.29, 0.717) is 0 Å². The third-order valence-corrected chi connectivity index (χ3v) is 7.15. The number of carboxylic acid groups (broad SMARTS) is 1. The molecule has 3 amide bonds. The molecule has 4 rings (SSSR count). The fourth-order valence-corrected chi connectivity index (χ4v) is 5.03. The monoisotopic (exact) mass is 586 g/mol. The largest absolute Gasteiger partial charge is 0.480 e. The number of anilines is 1. The molecule has 3 aromatic rings. The third kappa shape index (κ3) is 7.81. The predicted octanol–water partition coefficient (Wildman–Crippen LogP) is 3.29. The average Bonchev–Trinajstić information content (AvgIpc) is 2.91. The highest BCUT2D eigenvalue weighted by Gasteiger charge is 2.26. The smallest absolute Gasteiger partial charge is 0.346 e. The summed E-state index contributed by atoms with van der Waals surface area (Å²) in [5.41, 5.74) is 0.619. The van der Waals surface area contributed by atoms with Crippen molar-refractivity contribution in [1.29, 1.82) is 0 Å². The number of halogens is 2. The lowest BCUT2D eigenvalue weighted by molar-refractivity contribution is -0.139. The van der Waals surface area contributed by atoms with Gasteiger partial charge in [-0.05, 0) is 30.5 Å². The Balaban J connectivity index is 1.36. The van der Waals surface area contributed by atoms with Crippen LogP contribution in [0, 0.1) is 0 Å². The number of nitrogens with zero attached hydrogens (tertiary/aromatic N) is 2. The number of rotatable bonds is 9. The molecule has 40 heavy (non-hydrogen) atoms. The summed E-state index contributed by atoms with van der Waals surface area (Å²) in [5.74, 6) is -2.10. The van der Waals surface area contributed by atoms with Gasteiger partial charge in [-0.3, -0.25) is 14.7 Å². The molecule has 2 heterocycles. The Labute approximate surface area is 239 Å². The van der Waals surface area contributed by atoms with Gasteiger partial charge in [0.1, 0.15) is 11.9 Å². The molecule has 0 bridgehead atoms. The predicted molar refractivity (Wildman–Crippen MR) is 151 cm³/mol. The van der Waals surface area contributed by atoms with Crippen LogP contribution in [0.4, 0.5) is 10.6 Å². The number of H-pyrrole nitrogens is 1. The van der Waals surface area contributed by atoms with Gasteiger partial charge in [0.25, 0.3) is 5.91 Å². The number of aromatic amines is 1. The summed E-state index contributed by atoms with van der Waals surface area (Å²) < 4.78 is 0. The number of urea groups is 1. The van der Waals surface area contributed by atoms with Crippen LogP contribution in [0.1, 0.15) is 34.3 Å². The summed E-state index contributed by atoms with van der Waals surface area (Å²) in [6, 6.07) is 12.6. The lowest BCUT2D eigenvalue weighted by atomic mass is 10.0. The number of benzene rings is 2. The fraction of sp³-hybridized carbons (Fsp3) is 0.296. The van der Waals surface area contributed by atoms with E-state index < -0.39 is 29.6 Å². The minimum atomic E-state index is -1.37. The van der Waals surface area contributed by atoms with Crippen LogP contribution in [0.25, 0.3) is 0 Å². The van der Waals surface area contributed by atoms with Crippen LogP contribution in [0.5, 0.6) is 0 Å². The lowest BCUT2D eigenvalue weighted by Gasteiger charge is -2.32. The molecular weight excluding hydrogens is 559 g/mol. The van der Waals surface area contributed by atoms with E-state index in [-0.39, 0.29) is 39.5 Å². The van der Waals surface area contributed by atoms with Crippen molar-refractivity contribution in [2.24, 2.45) is 0 Å². The van der Waals surface area contributed by atoms with Crippen LogP contribution < -0.4 is 21.6 Å². The zero-order chi connectivity index (χ0) is 28.6. The quantitative estimate of drug-likeness (QED) is 0.257. The number of amides is 3. The maximum Gasteiger partial charge on any atom is 0.346 e. The van der Waals surface area contributed by atoms with Crippen LogP contribution >= 0.6 is 23.2 Å². The maximum absolute atomic E-state index is 12.8. The average molecular weight is 587 g/mol. The number of piperidine rings is 1. The molecule has 11 nitrogen and oxygen atoms in total. The molecule has 0 radical (unpaired) electrons. The molecule has 1 aliphatic rings. The number of aromatic nitrogens is 2. The van der Waals surface area contributed by atoms with Gasteiger partial charge in [-0.15, -0.1) is 0 Å². The highest BCUT2D eigenvalue weighted by Crippen LogP contribution is 2.25. The molecular formula is C27H28Cl2N6O5. The fourth-order valence-electron chi connectivity index (χ4n) is 4.46. The van der Waals surface area contributed by atoms with E-state index in [1.54, 1.807) is 6.07 Å². The number of aliphatic carboxylic acids is 1. The van der Waals surface area contributed by atoms with E-state index in [1.807, 2.05) is 18.2 Å². The topological polar surface area (TPSA) is 157 Å². The Morgan fingerprint density at radius 1 is 1.05 bits per heavy atom. The summed E-state index contributed by atoms with van der Waals surface area (Å²) in [7, 11) is 0. The molecule has 13 heteroatoms. The summed E-state index contributed by atoms with van der Waals surface area (Å²) in [5, 5.41) is 17.8. The van der Waals surface area contributed by atoms with Crippen molar-refractivity contribution in [3.8, 4) is 0 Å². The van der Waals surface area contributed by atoms with Crippen molar-refractivity contribution in [2.45, 2.75) is 37.9 Å². The SMILES string of the molecule is O=C(NC1CCN(Cc2ccccc2)CC1)NC(Cc1cnc(=O)[nH]c1NC(=O)c1c(Cl)cccc1Cl)C(=O)O. The summed E-state index contributed by atoms with van der Waals surface area (Å²) >= 11 is 12.2. The van der Waals surface area contributed by atoms with E-state index in [2.05, 4.69) is 43.0 Å². The molecule has 210 valence electrons. The molecule has 1 fully saturated rings. The molecule has 1 unspecified atom stereocenters. The van der Waals surface area contributed by atoms with Gasteiger partial charge < -0.3 is 21.1 Å². The van der Waals surface area contributed by atoms with E-state index in [1.165, 1.54) is 17.7 Å². The Hall–Kier alpha value is -3.93. The van der Waals surface area contributed by atoms with Crippen LogP contribution in [0.3, 0.4) is 0 Å². The first-order valence-corrected chi connectivity index (χ1v) is 13.3. The third-order valence-electron chi connectivity index (χ3n) is 6.52. The number of likely N-dealkylation sites (tertiary alicyclic amines) is 1. The molecule has 0 spiro atoms. The number of carbonyl (C=O) groups is 3. The number of hydrogen-bond donors (Lipinski definition) is 5. The molecule has 1 aliphatic heterocycles. The second-order valence-electron chi connectivity index (χ2n) is 9.39. The molecule has 1 aromatic heterocycles. The van der Waals surface area contributed by atoms with Gasteiger partial charge in [0.2, 0.25) is 0 Å². The van der Waals surface area contributed by atoms with Crippen LogP contribution in [0.15, 0.2) is 59.5 Å². The van der Waals surface area contributed by atoms with Gasteiger partial charge >= 0.3 is 17.7 Å². The Morgan fingerprint density at radius 3 is 2.38 bits per heavy atom. The standard InChI is InChI=1S/C27H28Cl2N6O5/c28-19-7-4-8-20(29)22(19)24(36)33-23-17(14-30-26(39)34-23)13-21(25(37)38)32-27(40)31-18-9-11-35(12-10-18)15-16-5-2-1-3-6-16/h1-8,14,18,21H,9-13,15H2,(H,37,38)(H2,31,32,40)(H2,30,33,34,36,39). The zero-order valence-electron chi connectivity index (χ0n) is 21.3. The first-order valence-electron chi connectivity index (χ1n) is 12.6. The number of carboxylic acids is 1. The Bertz CT molecular complexity index is 1410. The first kappa shape index (κ1) is 29.1. The van der Waals surface area contributed by atoms with Crippen molar-refractivity contribution in [3.63, 3.8) is 0 Å². The van der Waals surface area contributed by atoms with Gasteiger partial charge in [0, 0.05) is 43.9 Å². The minimum absolute atomic E-state index is 0.0171. The summed E-state index contributed by atoms with van der Waals surface area (Å²) in [6.45, 7) is 2.42. The highest BCUT2D eigenvalue weighted by atomic mass is 35.5. The van der Waals surface area contributed by atoms with Crippen LogP contribution in [-0.4, -0.2) is 63.1 Å². The number of nitrogens with one attached hydrogen (secondary N) is 4. The normalized spacial score (nSPS) is 14.8. The molecule has 2 aromatic carbocycles. The second-order valence-corrected chi connectivity index (χ2v) is 10.2. The van der Waals surface area contributed by atoms with Crippen molar-refractivity contribution in [3.05, 3.63) is 91.9 Å².